The van der Waals surface area contributed by atoms with Crippen molar-refractivity contribution in [1.29, 1.82) is 0 Å². The first-order valence-corrected chi connectivity index (χ1v) is 10.6. The van der Waals surface area contributed by atoms with Crippen LogP contribution in [0.2, 0.25) is 0 Å². The number of likely N-dealkylation sites (tertiary alicyclic amines) is 1. The summed E-state index contributed by atoms with van der Waals surface area (Å²) in [5.74, 6) is -2.20. The quantitative estimate of drug-likeness (QED) is 0.556. The van der Waals surface area contributed by atoms with E-state index in [0.29, 0.717) is 44.9 Å². The van der Waals surface area contributed by atoms with Crippen LogP contribution in [-0.2, 0) is 20.8 Å². The fourth-order valence-electron chi connectivity index (χ4n) is 4.30. The Bertz CT molecular complexity index is 912. The van der Waals surface area contributed by atoms with Crippen molar-refractivity contribution in [2.75, 3.05) is 53.6 Å². The van der Waals surface area contributed by atoms with Crippen molar-refractivity contribution >= 4 is 5.91 Å². The van der Waals surface area contributed by atoms with Gasteiger partial charge in [0.15, 0.2) is 11.6 Å². The average molecular weight is 451 g/mol. The lowest BCUT2D eigenvalue weighted by atomic mass is 9.88. The second-order valence-corrected chi connectivity index (χ2v) is 8.13. The third kappa shape index (κ3) is 6.31. The summed E-state index contributed by atoms with van der Waals surface area (Å²) in [5.41, 5.74) is 1.52. The smallest absolute Gasteiger partial charge is 0.248 e. The summed E-state index contributed by atoms with van der Waals surface area (Å²) in [5, 5.41) is 0. The second kappa shape index (κ2) is 11.4. The van der Waals surface area contributed by atoms with Gasteiger partial charge in [0.2, 0.25) is 5.91 Å². The molecule has 2 aromatic carbocycles. The molecule has 1 aliphatic rings. The number of amides is 1. The first-order chi connectivity index (χ1) is 15.4. The van der Waals surface area contributed by atoms with E-state index < -0.39 is 11.6 Å². The van der Waals surface area contributed by atoms with E-state index in [2.05, 4.69) is 4.90 Å². The summed E-state index contributed by atoms with van der Waals surface area (Å²) in [6, 6.07) is 10.4. The molecule has 0 radical (unpaired) electrons. The average Bonchev–Trinajstić information content (AvgIpc) is 3.16. The van der Waals surface area contributed by atoms with Gasteiger partial charge in [-0.15, -0.1) is 0 Å². The van der Waals surface area contributed by atoms with E-state index in [9.17, 15) is 18.0 Å². The Morgan fingerprint density at radius 2 is 1.88 bits per heavy atom. The summed E-state index contributed by atoms with van der Waals surface area (Å²) in [7, 11) is 3.05. The number of ether oxygens (including phenoxy) is 2. The molecule has 174 valence electrons. The Hall–Kier alpha value is -2.42. The maximum Gasteiger partial charge on any atom is 0.248 e. The Kier molecular flexibility index (Phi) is 8.67. The zero-order chi connectivity index (χ0) is 23.1. The van der Waals surface area contributed by atoms with E-state index in [1.165, 1.54) is 25.3 Å². The highest BCUT2D eigenvalue weighted by atomic mass is 19.2. The largest absolute Gasteiger partial charge is 0.383 e. The Morgan fingerprint density at radius 1 is 1.06 bits per heavy atom. The molecule has 0 aromatic heterocycles. The first kappa shape index (κ1) is 24.2. The predicted octanol–water partition coefficient (Wildman–Crippen LogP) is 3.44. The molecule has 32 heavy (non-hydrogen) atoms. The van der Waals surface area contributed by atoms with E-state index in [4.69, 9.17) is 9.47 Å². The predicted molar refractivity (Wildman–Crippen MR) is 115 cm³/mol. The molecule has 0 bridgehead atoms. The number of hydrogen-bond acceptors (Lipinski definition) is 4. The van der Waals surface area contributed by atoms with E-state index in [1.807, 2.05) is 6.07 Å². The SMILES string of the molecule is COCCN(CC1CN(Cc2ccc(F)c(F)c2)CC1c1cccc(F)c1)C(=O)COC. The molecule has 1 aliphatic heterocycles. The number of carbonyl (C=O) groups excluding carboxylic acids is 1. The summed E-state index contributed by atoms with van der Waals surface area (Å²) in [4.78, 5) is 16.4. The molecule has 3 rings (SSSR count). The fraction of sp³-hybridized carbons (Fsp3) is 0.458. The molecule has 0 N–H and O–H groups in total. The van der Waals surface area contributed by atoms with Gasteiger partial charge < -0.3 is 14.4 Å². The highest BCUT2D eigenvalue weighted by molar-refractivity contribution is 5.77. The number of rotatable bonds is 10. The minimum absolute atomic E-state index is 0.0172. The first-order valence-electron chi connectivity index (χ1n) is 10.6. The Morgan fingerprint density at radius 3 is 2.56 bits per heavy atom. The molecule has 0 spiro atoms. The lowest BCUT2D eigenvalue weighted by molar-refractivity contribution is -0.136. The number of benzene rings is 2. The van der Waals surface area contributed by atoms with Crippen molar-refractivity contribution < 1.29 is 27.4 Å². The van der Waals surface area contributed by atoms with Gasteiger partial charge in [-0.1, -0.05) is 18.2 Å². The lowest BCUT2D eigenvalue weighted by Gasteiger charge is -2.28. The van der Waals surface area contributed by atoms with Gasteiger partial charge in [-0.25, -0.2) is 13.2 Å². The van der Waals surface area contributed by atoms with Gasteiger partial charge >= 0.3 is 0 Å². The Labute approximate surface area is 186 Å². The van der Waals surface area contributed by atoms with Gasteiger partial charge in [0, 0.05) is 52.9 Å². The molecule has 1 saturated heterocycles. The van der Waals surface area contributed by atoms with Crippen LogP contribution in [0, 0.1) is 23.4 Å². The minimum Gasteiger partial charge on any atom is -0.383 e. The number of carbonyl (C=O) groups is 1. The second-order valence-electron chi connectivity index (χ2n) is 8.13. The van der Waals surface area contributed by atoms with E-state index in [1.54, 1.807) is 24.1 Å². The van der Waals surface area contributed by atoms with Crippen molar-refractivity contribution in [2.45, 2.75) is 12.5 Å². The molecule has 5 nitrogen and oxygen atoms in total. The maximum absolute atomic E-state index is 13.9. The van der Waals surface area contributed by atoms with Crippen molar-refractivity contribution in [3.05, 3.63) is 71.0 Å². The van der Waals surface area contributed by atoms with Crippen LogP contribution in [0.15, 0.2) is 42.5 Å². The van der Waals surface area contributed by atoms with Gasteiger partial charge in [-0.3, -0.25) is 9.69 Å². The van der Waals surface area contributed by atoms with Gasteiger partial charge in [0.25, 0.3) is 0 Å². The van der Waals surface area contributed by atoms with Crippen LogP contribution in [0.4, 0.5) is 13.2 Å². The topological polar surface area (TPSA) is 42.0 Å². The highest BCUT2D eigenvalue weighted by Gasteiger charge is 2.36. The highest BCUT2D eigenvalue weighted by Crippen LogP contribution is 2.34. The minimum atomic E-state index is -0.879. The third-order valence-corrected chi connectivity index (χ3v) is 5.82. The van der Waals surface area contributed by atoms with E-state index in [-0.39, 0.29) is 30.2 Å². The maximum atomic E-state index is 13.9. The van der Waals surface area contributed by atoms with Crippen LogP contribution in [-0.4, -0.2) is 69.3 Å². The number of nitrogens with zero attached hydrogens (tertiary/aromatic N) is 2. The van der Waals surface area contributed by atoms with Gasteiger partial charge in [-0.05, 0) is 41.3 Å². The monoisotopic (exact) mass is 450 g/mol. The van der Waals surface area contributed by atoms with Crippen molar-refractivity contribution in [3.8, 4) is 0 Å². The van der Waals surface area contributed by atoms with Crippen LogP contribution >= 0.6 is 0 Å². The van der Waals surface area contributed by atoms with Crippen LogP contribution < -0.4 is 0 Å². The normalized spacial score (nSPS) is 18.8. The molecule has 1 amide bonds. The van der Waals surface area contributed by atoms with Gasteiger partial charge in [-0.2, -0.15) is 0 Å². The summed E-state index contributed by atoms with van der Waals surface area (Å²) in [6.07, 6.45) is 0. The molecular weight excluding hydrogens is 421 g/mol. The number of hydrogen-bond donors (Lipinski definition) is 0. The molecule has 2 unspecified atom stereocenters. The van der Waals surface area contributed by atoms with Crippen LogP contribution in [0.25, 0.3) is 0 Å². The molecule has 8 heteroatoms. The third-order valence-electron chi connectivity index (χ3n) is 5.82. The van der Waals surface area contributed by atoms with Crippen molar-refractivity contribution in [1.82, 2.24) is 9.80 Å². The zero-order valence-corrected chi connectivity index (χ0v) is 18.4. The van der Waals surface area contributed by atoms with Crippen molar-refractivity contribution in [2.24, 2.45) is 5.92 Å². The van der Waals surface area contributed by atoms with E-state index >= 15 is 0 Å². The molecule has 0 saturated carbocycles. The van der Waals surface area contributed by atoms with Crippen LogP contribution in [0.3, 0.4) is 0 Å². The van der Waals surface area contributed by atoms with Crippen molar-refractivity contribution in [3.63, 3.8) is 0 Å². The van der Waals surface area contributed by atoms with Gasteiger partial charge in [0.1, 0.15) is 12.4 Å². The zero-order valence-electron chi connectivity index (χ0n) is 18.4. The Balaban J connectivity index is 1.80. The summed E-state index contributed by atoms with van der Waals surface area (Å²) >= 11 is 0. The van der Waals surface area contributed by atoms with Crippen LogP contribution in [0.5, 0.6) is 0 Å². The molecular formula is C24H29F3N2O3. The molecule has 2 atom stereocenters. The standard InChI is InChI=1S/C24H29F3N2O3/c1-31-9-8-29(24(30)16-32-2)14-19-13-28(12-17-6-7-22(26)23(27)10-17)15-21(19)18-4-3-5-20(25)11-18/h3-7,10-11,19,21H,8-9,12-16H2,1-2H3. The fourth-order valence-corrected chi connectivity index (χ4v) is 4.30. The summed E-state index contributed by atoms with van der Waals surface area (Å²) < 4.78 is 51.1. The number of halogens is 3. The van der Waals surface area contributed by atoms with Crippen LogP contribution in [0.1, 0.15) is 17.0 Å². The molecule has 1 fully saturated rings. The number of methoxy groups -OCH3 is 2. The van der Waals surface area contributed by atoms with Gasteiger partial charge in [0.05, 0.1) is 6.61 Å². The molecule has 0 aliphatic carbocycles. The van der Waals surface area contributed by atoms with E-state index in [0.717, 1.165) is 11.6 Å². The lowest BCUT2D eigenvalue weighted by Crippen LogP contribution is -2.41. The summed E-state index contributed by atoms with van der Waals surface area (Å²) in [6.45, 7) is 2.93. The molecule has 2 aromatic rings. The molecule has 1 heterocycles.